The van der Waals surface area contributed by atoms with E-state index < -0.39 is 4.92 Å². The van der Waals surface area contributed by atoms with Crippen LogP contribution in [0.15, 0.2) is 6.33 Å². The van der Waals surface area contributed by atoms with Crippen LogP contribution in [0.2, 0.25) is 0 Å². The van der Waals surface area contributed by atoms with Gasteiger partial charge in [-0.25, -0.2) is 15.0 Å². The fraction of sp³-hybridized carbons (Fsp3) is 0.692. The third-order valence-electron chi connectivity index (χ3n) is 4.06. The van der Waals surface area contributed by atoms with E-state index in [2.05, 4.69) is 27.3 Å². The van der Waals surface area contributed by atoms with Crippen molar-refractivity contribution < 1.29 is 9.66 Å². The second-order valence-electron chi connectivity index (χ2n) is 5.65. The Morgan fingerprint density at radius 1 is 1.17 bits per heavy atom. The van der Waals surface area contributed by atoms with Crippen molar-refractivity contribution in [2.75, 3.05) is 69.9 Å². The van der Waals surface area contributed by atoms with Crippen LogP contribution >= 0.6 is 0 Å². The van der Waals surface area contributed by atoms with Crippen LogP contribution in [-0.2, 0) is 4.74 Å². The average molecular weight is 323 g/mol. The molecule has 2 fully saturated rings. The minimum absolute atomic E-state index is 0.0756. The molecule has 3 rings (SSSR count). The molecule has 0 bridgehead atoms. The van der Waals surface area contributed by atoms with Crippen LogP contribution in [0.25, 0.3) is 0 Å². The lowest BCUT2D eigenvalue weighted by molar-refractivity contribution is -0.383. The summed E-state index contributed by atoms with van der Waals surface area (Å²) in [6, 6.07) is 0. The highest BCUT2D eigenvalue weighted by Crippen LogP contribution is 2.32. The SMILES string of the molecule is CN1CCN(Nc2ncnc(N3CCOCC3)c2[N+](=O)[O-])CC1. The number of rotatable bonds is 4. The molecule has 0 aromatic carbocycles. The van der Waals surface area contributed by atoms with Crippen molar-refractivity contribution in [3.05, 3.63) is 16.4 Å². The third kappa shape index (κ3) is 3.66. The van der Waals surface area contributed by atoms with Crippen molar-refractivity contribution in [3.63, 3.8) is 0 Å². The lowest BCUT2D eigenvalue weighted by atomic mass is 10.3. The van der Waals surface area contributed by atoms with E-state index in [1.54, 1.807) is 0 Å². The van der Waals surface area contributed by atoms with Crippen molar-refractivity contribution in [2.24, 2.45) is 0 Å². The number of hydrogen-bond donors (Lipinski definition) is 1. The molecule has 0 atom stereocenters. The Labute approximate surface area is 134 Å². The standard InChI is InChI=1S/C13H21N7O3/c1-17-2-4-19(5-3-17)16-12-11(20(21)22)13(15-10-14-12)18-6-8-23-9-7-18/h10H,2-9H2,1H3,(H,14,15,16). The van der Waals surface area contributed by atoms with E-state index in [1.807, 2.05) is 9.91 Å². The van der Waals surface area contributed by atoms with Crippen molar-refractivity contribution in [2.45, 2.75) is 0 Å². The Morgan fingerprint density at radius 2 is 1.87 bits per heavy atom. The lowest BCUT2D eigenvalue weighted by Crippen LogP contribution is -2.47. The van der Waals surface area contributed by atoms with Gasteiger partial charge in [0.15, 0.2) is 0 Å². The van der Waals surface area contributed by atoms with E-state index in [1.165, 1.54) is 6.33 Å². The van der Waals surface area contributed by atoms with Gasteiger partial charge in [0.25, 0.3) is 0 Å². The van der Waals surface area contributed by atoms with Crippen LogP contribution in [0.3, 0.4) is 0 Å². The number of piperazine rings is 1. The predicted molar refractivity (Wildman–Crippen MR) is 84.4 cm³/mol. The second kappa shape index (κ2) is 7.02. The zero-order valence-electron chi connectivity index (χ0n) is 13.1. The summed E-state index contributed by atoms with van der Waals surface area (Å²) < 4.78 is 5.30. The zero-order valence-corrected chi connectivity index (χ0v) is 13.1. The van der Waals surface area contributed by atoms with Crippen LogP contribution < -0.4 is 10.3 Å². The van der Waals surface area contributed by atoms with Gasteiger partial charge in [-0.15, -0.1) is 0 Å². The molecule has 2 aliphatic rings. The smallest absolute Gasteiger partial charge is 0.354 e. The summed E-state index contributed by atoms with van der Waals surface area (Å²) in [5.74, 6) is 0.598. The molecule has 0 amide bonds. The van der Waals surface area contributed by atoms with Crippen molar-refractivity contribution in [1.29, 1.82) is 0 Å². The first kappa shape index (κ1) is 15.8. The lowest BCUT2D eigenvalue weighted by Gasteiger charge is -2.33. The highest BCUT2D eigenvalue weighted by atomic mass is 16.6. The molecule has 0 radical (unpaired) electrons. The molecule has 1 N–H and O–H groups in total. The van der Waals surface area contributed by atoms with E-state index in [9.17, 15) is 10.1 Å². The molecule has 126 valence electrons. The van der Waals surface area contributed by atoms with Crippen LogP contribution in [0.1, 0.15) is 0 Å². The minimum Gasteiger partial charge on any atom is -0.378 e. The Kier molecular flexibility index (Phi) is 4.84. The van der Waals surface area contributed by atoms with Gasteiger partial charge < -0.3 is 14.5 Å². The first-order valence-electron chi connectivity index (χ1n) is 7.67. The molecule has 2 saturated heterocycles. The van der Waals surface area contributed by atoms with Gasteiger partial charge in [0.2, 0.25) is 11.6 Å². The van der Waals surface area contributed by atoms with Gasteiger partial charge in [0, 0.05) is 39.3 Å². The summed E-state index contributed by atoms with van der Waals surface area (Å²) >= 11 is 0. The Bertz CT molecular complexity index is 556. The number of nitro groups is 1. The van der Waals surface area contributed by atoms with E-state index in [-0.39, 0.29) is 11.5 Å². The highest BCUT2D eigenvalue weighted by molar-refractivity contribution is 5.70. The van der Waals surface area contributed by atoms with Gasteiger partial charge in [0.05, 0.1) is 18.1 Å². The molecule has 1 aromatic heterocycles. The molecule has 0 unspecified atom stereocenters. The van der Waals surface area contributed by atoms with Crippen LogP contribution in [-0.4, -0.2) is 84.3 Å². The maximum atomic E-state index is 11.6. The fourth-order valence-electron chi connectivity index (χ4n) is 2.69. The predicted octanol–water partition coefficient (Wildman–Crippen LogP) is -0.204. The molecule has 2 aliphatic heterocycles. The van der Waals surface area contributed by atoms with Crippen LogP contribution in [0.5, 0.6) is 0 Å². The molecule has 23 heavy (non-hydrogen) atoms. The van der Waals surface area contributed by atoms with Gasteiger partial charge in [0.1, 0.15) is 6.33 Å². The van der Waals surface area contributed by atoms with E-state index in [0.29, 0.717) is 32.1 Å². The van der Waals surface area contributed by atoms with Crippen LogP contribution in [0.4, 0.5) is 17.3 Å². The number of nitrogens with zero attached hydrogens (tertiary/aromatic N) is 6. The molecule has 1 aromatic rings. The van der Waals surface area contributed by atoms with Crippen molar-refractivity contribution in [1.82, 2.24) is 19.9 Å². The van der Waals surface area contributed by atoms with Gasteiger partial charge in [-0.05, 0) is 7.05 Å². The summed E-state index contributed by atoms with van der Waals surface area (Å²) in [5, 5.41) is 13.5. The normalized spacial score (nSPS) is 20.5. The first-order chi connectivity index (χ1) is 11.1. The Balaban J connectivity index is 1.83. The number of morpholine rings is 1. The molecule has 3 heterocycles. The van der Waals surface area contributed by atoms with Gasteiger partial charge in [-0.3, -0.25) is 15.5 Å². The molecular weight excluding hydrogens is 302 g/mol. The third-order valence-corrected chi connectivity index (χ3v) is 4.06. The van der Waals surface area contributed by atoms with E-state index >= 15 is 0 Å². The van der Waals surface area contributed by atoms with Crippen molar-refractivity contribution in [3.8, 4) is 0 Å². The first-order valence-corrected chi connectivity index (χ1v) is 7.67. The fourth-order valence-corrected chi connectivity index (χ4v) is 2.69. The maximum Gasteiger partial charge on any atom is 0.354 e. The summed E-state index contributed by atoms with van der Waals surface area (Å²) in [5.41, 5.74) is 3.01. The summed E-state index contributed by atoms with van der Waals surface area (Å²) in [6.45, 7) is 5.64. The highest BCUT2D eigenvalue weighted by Gasteiger charge is 2.29. The molecule has 0 spiro atoms. The maximum absolute atomic E-state index is 11.6. The summed E-state index contributed by atoms with van der Waals surface area (Å²) in [7, 11) is 2.06. The molecule has 0 saturated carbocycles. The van der Waals surface area contributed by atoms with Gasteiger partial charge in [-0.1, -0.05) is 0 Å². The number of ether oxygens (including phenoxy) is 1. The van der Waals surface area contributed by atoms with Crippen molar-refractivity contribution >= 4 is 17.3 Å². The molecule has 0 aliphatic carbocycles. The average Bonchev–Trinajstić information content (AvgIpc) is 2.57. The number of aromatic nitrogens is 2. The Morgan fingerprint density at radius 3 is 2.52 bits per heavy atom. The largest absolute Gasteiger partial charge is 0.378 e. The molecule has 10 nitrogen and oxygen atoms in total. The quantitative estimate of drug-likeness (QED) is 0.596. The van der Waals surface area contributed by atoms with Gasteiger partial charge in [-0.2, -0.15) is 0 Å². The summed E-state index contributed by atoms with van der Waals surface area (Å²) in [4.78, 5) is 23.5. The second-order valence-corrected chi connectivity index (χ2v) is 5.65. The number of hydrazine groups is 1. The Hall–Kier alpha value is -2.04. The number of hydrogen-bond acceptors (Lipinski definition) is 9. The molecular formula is C13H21N7O3. The molecule has 10 heteroatoms. The summed E-state index contributed by atoms with van der Waals surface area (Å²) in [6.07, 6.45) is 1.37. The van der Waals surface area contributed by atoms with E-state index in [4.69, 9.17) is 4.74 Å². The zero-order chi connectivity index (χ0) is 16.2. The van der Waals surface area contributed by atoms with Gasteiger partial charge >= 0.3 is 5.69 Å². The topological polar surface area (TPSA) is 99.9 Å². The number of likely N-dealkylation sites (N-methyl/N-ethyl adjacent to an activating group) is 1. The van der Waals surface area contributed by atoms with Crippen LogP contribution in [0, 0.1) is 10.1 Å². The minimum atomic E-state index is -0.413. The number of anilines is 2. The monoisotopic (exact) mass is 323 g/mol. The number of nitrogens with one attached hydrogen (secondary N) is 1. The van der Waals surface area contributed by atoms with E-state index in [0.717, 1.165) is 26.2 Å².